The maximum absolute atomic E-state index is 13.3. The van der Waals surface area contributed by atoms with E-state index in [2.05, 4.69) is 54.5 Å². The molecule has 0 spiro atoms. The van der Waals surface area contributed by atoms with Crippen molar-refractivity contribution < 1.29 is 19.1 Å². The predicted molar refractivity (Wildman–Crippen MR) is 163 cm³/mol. The Balaban J connectivity index is 1.35. The summed E-state index contributed by atoms with van der Waals surface area (Å²) in [6.45, 7) is 18.5. The molecule has 6 aliphatic rings. The molecule has 41 heavy (non-hydrogen) atoms. The van der Waals surface area contributed by atoms with Crippen LogP contribution in [-0.4, -0.2) is 31.6 Å². The molecule has 1 heterocycles. The number of hydrogen-bond donors (Lipinski definition) is 0. The van der Waals surface area contributed by atoms with Crippen LogP contribution in [-0.2, 0) is 19.1 Å². The van der Waals surface area contributed by atoms with Gasteiger partial charge in [-0.3, -0.25) is 9.59 Å². The van der Waals surface area contributed by atoms with Crippen molar-refractivity contribution in [2.75, 3.05) is 13.2 Å². The summed E-state index contributed by atoms with van der Waals surface area (Å²) in [5, 5.41) is 0. The third kappa shape index (κ3) is 4.33. The summed E-state index contributed by atoms with van der Waals surface area (Å²) in [4.78, 5) is 25.5. The van der Waals surface area contributed by atoms with Gasteiger partial charge in [0.15, 0.2) is 18.4 Å². The number of carbonyl (C=O) groups excluding carboxylic acids is 2. The van der Waals surface area contributed by atoms with Crippen LogP contribution in [0.3, 0.4) is 0 Å². The number of carbonyl (C=O) groups is 2. The topological polar surface area (TPSA) is 52.6 Å². The van der Waals surface area contributed by atoms with Gasteiger partial charge in [0, 0.05) is 12.0 Å². The lowest BCUT2D eigenvalue weighted by molar-refractivity contribution is -0.237. The highest BCUT2D eigenvalue weighted by atomic mass is 16.7. The molecule has 230 valence electrons. The van der Waals surface area contributed by atoms with Gasteiger partial charge in [0.2, 0.25) is 0 Å². The first kappa shape index (κ1) is 30.0. The van der Waals surface area contributed by atoms with Gasteiger partial charge in [-0.05, 0) is 134 Å². The van der Waals surface area contributed by atoms with E-state index >= 15 is 0 Å². The van der Waals surface area contributed by atoms with Crippen LogP contribution in [0.15, 0.2) is 11.6 Å². The molecule has 6 rings (SSSR count). The van der Waals surface area contributed by atoms with E-state index < -0.39 is 5.41 Å². The minimum atomic E-state index is -0.479. The highest BCUT2D eigenvalue weighted by Crippen LogP contribution is 2.77. The van der Waals surface area contributed by atoms with Gasteiger partial charge in [0.25, 0.3) is 0 Å². The van der Waals surface area contributed by atoms with Crippen LogP contribution < -0.4 is 0 Å². The molecule has 0 aromatic rings. The number of hydrogen-bond acceptors (Lipinski definition) is 4. The zero-order valence-electron chi connectivity index (χ0n) is 27.2. The third-order valence-corrected chi connectivity index (χ3v) is 14.7. The zero-order chi connectivity index (χ0) is 29.4. The minimum absolute atomic E-state index is 0.00381. The Kier molecular flexibility index (Phi) is 7.54. The number of ketones is 1. The first-order chi connectivity index (χ1) is 19.3. The van der Waals surface area contributed by atoms with E-state index in [1.165, 1.54) is 64.2 Å². The summed E-state index contributed by atoms with van der Waals surface area (Å²) in [6, 6.07) is 0. The first-order valence-electron chi connectivity index (χ1n) is 17.3. The summed E-state index contributed by atoms with van der Waals surface area (Å²) >= 11 is 0. The lowest BCUT2D eigenvalue weighted by Crippen LogP contribution is -2.66. The quantitative estimate of drug-likeness (QED) is 0.239. The van der Waals surface area contributed by atoms with Crippen molar-refractivity contribution in [3.8, 4) is 0 Å². The molecule has 5 fully saturated rings. The maximum atomic E-state index is 13.3. The minimum Gasteiger partial charge on any atom is -0.353 e. The van der Waals surface area contributed by atoms with Gasteiger partial charge in [-0.1, -0.05) is 54.5 Å². The van der Waals surface area contributed by atoms with Crippen LogP contribution in [0, 0.1) is 62.6 Å². The normalized spacial score (nSPS) is 49.0. The lowest BCUT2D eigenvalue weighted by Gasteiger charge is -2.71. The van der Waals surface area contributed by atoms with E-state index in [0.29, 0.717) is 28.7 Å². The first-order valence-corrected chi connectivity index (χ1v) is 17.3. The number of rotatable bonds is 6. The molecule has 1 unspecified atom stereocenters. The molecule has 4 nitrogen and oxygen atoms in total. The molecule has 1 aliphatic heterocycles. The van der Waals surface area contributed by atoms with E-state index in [0.717, 1.165) is 50.1 Å². The molecular weight excluding hydrogens is 508 g/mol. The second-order valence-corrected chi connectivity index (χ2v) is 17.2. The van der Waals surface area contributed by atoms with E-state index in [1.54, 1.807) is 0 Å². The van der Waals surface area contributed by atoms with E-state index in [1.807, 2.05) is 0 Å². The van der Waals surface area contributed by atoms with Gasteiger partial charge < -0.3 is 9.47 Å². The van der Waals surface area contributed by atoms with Gasteiger partial charge in [-0.25, -0.2) is 0 Å². The molecule has 0 N–H and O–H groups in total. The Bertz CT molecular complexity index is 1070. The Hall–Kier alpha value is -1.00. The molecule has 0 radical (unpaired) electrons. The standard InChI is InChI=1S/C37H58O4/c1-24(2)20-25-13-16-37(23-41-30-10-8-9-19-40-30)18-17-35(6)27(31(25)37)11-12-29-34(5)21-26(22-38)32(39)33(3,4)28(34)14-15-36(29,35)7/h21-22,24-25,27-31H,8-20,23H2,1-7H3/t25-,27+,28-,29+,30?,31+,34-,35+,36+,37+/m0/s1. The Morgan fingerprint density at radius 2 is 1.71 bits per heavy atom. The second-order valence-electron chi connectivity index (χ2n) is 17.2. The Labute approximate surface area is 250 Å². The SMILES string of the molecule is CC(C)C[C@@H]1CC[C@]2(COC3CCCCO3)CC[C@]3(C)[C@H](CC[C@@H]4[C@@]5(C)C=C(C=O)C(=O)C(C)(C)[C@@H]5CC[C@]43C)[C@@H]12. The van der Waals surface area contributed by atoms with E-state index in [9.17, 15) is 9.59 Å². The number of aldehydes is 1. The second kappa shape index (κ2) is 10.3. The van der Waals surface area contributed by atoms with Crippen molar-refractivity contribution in [2.24, 2.45) is 62.6 Å². The summed E-state index contributed by atoms with van der Waals surface area (Å²) in [5.41, 5.74) is 0.595. The van der Waals surface area contributed by atoms with Crippen LogP contribution in [0.1, 0.15) is 126 Å². The molecule has 4 saturated carbocycles. The fourth-order valence-electron chi connectivity index (χ4n) is 12.8. The fourth-order valence-corrected chi connectivity index (χ4v) is 12.8. The van der Waals surface area contributed by atoms with Gasteiger partial charge in [-0.15, -0.1) is 0 Å². The lowest BCUT2D eigenvalue weighted by atomic mass is 9.33. The van der Waals surface area contributed by atoms with Gasteiger partial charge >= 0.3 is 0 Å². The average Bonchev–Trinajstić information content (AvgIpc) is 3.28. The highest BCUT2D eigenvalue weighted by molar-refractivity contribution is 6.15. The van der Waals surface area contributed by atoms with E-state index in [4.69, 9.17) is 9.47 Å². The van der Waals surface area contributed by atoms with Crippen LogP contribution >= 0.6 is 0 Å². The van der Waals surface area contributed by atoms with Crippen molar-refractivity contribution in [3.05, 3.63) is 11.6 Å². The molecular formula is C37H58O4. The largest absolute Gasteiger partial charge is 0.353 e. The van der Waals surface area contributed by atoms with Crippen molar-refractivity contribution in [1.29, 1.82) is 0 Å². The monoisotopic (exact) mass is 566 g/mol. The Morgan fingerprint density at radius 1 is 0.927 bits per heavy atom. The number of ether oxygens (including phenoxy) is 2. The summed E-state index contributed by atoms with van der Waals surface area (Å²) in [7, 11) is 0. The maximum Gasteiger partial charge on any atom is 0.171 e. The highest BCUT2D eigenvalue weighted by Gasteiger charge is 2.70. The summed E-state index contributed by atoms with van der Waals surface area (Å²) in [5.74, 6) is 3.81. The molecule has 0 bridgehead atoms. The number of fused-ring (bicyclic) bond motifs is 7. The number of allylic oxidation sites excluding steroid dienone is 2. The van der Waals surface area contributed by atoms with E-state index in [-0.39, 0.29) is 28.3 Å². The summed E-state index contributed by atoms with van der Waals surface area (Å²) < 4.78 is 12.7. The fraction of sp³-hybridized carbons (Fsp3) is 0.892. The zero-order valence-corrected chi connectivity index (χ0v) is 27.2. The van der Waals surface area contributed by atoms with Crippen molar-refractivity contribution >= 4 is 12.1 Å². The average molecular weight is 567 g/mol. The van der Waals surface area contributed by atoms with Crippen LogP contribution in [0.4, 0.5) is 0 Å². The molecule has 4 heteroatoms. The molecule has 5 aliphatic carbocycles. The van der Waals surface area contributed by atoms with Gasteiger partial charge in [-0.2, -0.15) is 0 Å². The molecule has 0 amide bonds. The smallest absolute Gasteiger partial charge is 0.171 e. The molecule has 0 aromatic carbocycles. The molecule has 0 aromatic heterocycles. The molecule has 1 saturated heterocycles. The third-order valence-electron chi connectivity index (χ3n) is 14.7. The van der Waals surface area contributed by atoms with Crippen LogP contribution in [0.2, 0.25) is 0 Å². The molecule has 10 atom stereocenters. The van der Waals surface area contributed by atoms with Crippen molar-refractivity contribution in [3.63, 3.8) is 0 Å². The van der Waals surface area contributed by atoms with Crippen molar-refractivity contribution in [1.82, 2.24) is 0 Å². The van der Waals surface area contributed by atoms with Crippen LogP contribution in [0.25, 0.3) is 0 Å². The van der Waals surface area contributed by atoms with Crippen molar-refractivity contribution in [2.45, 2.75) is 132 Å². The Morgan fingerprint density at radius 3 is 2.39 bits per heavy atom. The summed E-state index contributed by atoms with van der Waals surface area (Å²) in [6.07, 6.45) is 17.8. The number of Topliss-reactive ketones (excluding diaryl/α,β-unsaturated/α-hetero) is 1. The van der Waals surface area contributed by atoms with Gasteiger partial charge in [0.05, 0.1) is 12.2 Å². The van der Waals surface area contributed by atoms with Gasteiger partial charge in [0.1, 0.15) is 0 Å². The van der Waals surface area contributed by atoms with Crippen LogP contribution in [0.5, 0.6) is 0 Å². The predicted octanol–water partition coefficient (Wildman–Crippen LogP) is 8.57.